The predicted molar refractivity (Wildman–Crippen MR) is 140 cm³/mol. The number of benzene rings is 2. The van der Waals surface area contributed by atoms with Gasteiger partial charge in [0, 0.05) is 49.7 Å². The first kappa shape index (κ1) is 31.1. The first-order valence-electron chi connectivity index (χ1n) is 12.4. The number of β-amino-alcohol motifs (C(OH)–C–C–N with tert-alkyl or cyclic N) is 1. The molecular formula is C26H29ClF4N4O5. The normalized spacial score (nSPS) is 19.6. The first-order chi connectivity index (χ1) is 18.7. The Morgan fingerprint density at radius 1 is 1.02 bits per heavy atom. The molecular weight excluding hydrogens is 560 g/mol. The topological polar surface area (TPSA) is 122 Å². The highest BCUT2D eigenvalue weighted by molar-refractivity contribution is 6.30. The van der Waals surface area contributed by atoms with Crippen LogP contribution < -0.4 is 15.5 Å². The van der Waals surface area contributed by atoms with Crippen molar-refractivity contribution in [2.45, 2.75) is 44.1 Å². The number of carboxylic acid groups (broad SMARTS) is 1. The second-order valence-electron chi connectivity index (χ2n) is 9.46. The van der Waals surface area contributed by atoms with E-state index in [1.807, 2.05) is 9.80 Å². The average molecular weight is 589 g/mol. The molecule has 9 nitrogen and oxygen atoms in total. The van der Waals surface area contributed by atoms with E-state index in [2.05, 4.69) is 10.6 Å². The van der Waals surface area contributed by atoms with Crippen LogP contribution in [0.3, 0.4) is 0 Å². The summed E-state index contributed by atoms with van der Waals surface area (Å²) in [6.07, 6.45) is -4.16. The SMILES string of the molecule is CC(=O)Nc1ccc(F)cc1N1CC(NC2CCN(C(=O)c3ccc(Cl)cc3)CC2)[C@H](O)C1.O=C(O)C(F)(F)F. The number of nitrogens with zero attached hydrogens (tertiary/aromatic N) is 2. The van der Waals surface area contributed by atoms with E-state index in [9.17, 15) is 32.3 Å². The fourth-order valence-electron chi connectivity index (χ4n) is 4.54. The smallest absolute Gasteiger partial charge is 0.475 e. The van der Waals surface area contributed by atoms with Crippen molar-refractivity contribution in [2.24, 2.45) is 0 Å². The fraction of sp³-hybridized carbons (Fsp3) is 0.423. The Balaban J connectivity index is 0.000000559. The van der Waals surface area contributed by atoms with Gasteiger partial charge in [0.2, 0.25) is 5.91 Å². The van der Waals surface area contributed by atoms with Gasteiger partial charge in [-0.25, -0.2) is 9.18 Å². The third-order valence-corrected chi connectivity index (χ3v) is 6.72. The fourth-order valence-corrected chi connectivity index (χ4v) is 4.66. The van der Waals surface area contributed by atoms with Gasteiger partial charge in [0.15, 0.2) is 0 Å². The molecule has 2 aliphatic heterocycles. The summed E-state index contributed by atoms with van der Waals surface area (Å²) in [5.41, 5.74) is 1.69. The monoisotopic (exact) mass is 588 g/mol. The molecule has 0 aliphatic carbocycles. The zero-order chi connectivity index (χ0) is 29.6. The molecule has 4 N–H and O–H groups in total. The van der Waals surface area contributed by atoms with Crippen LogP contribution in [-0.4, -0.2) is 83.4 Å². The largest absolute Gasteiger partial charge is 0.490 e. The van der Waals surface area contributed by atoms with Crippen LogP contribution >= 0.6 is 11.6 Å². The molecule has 2 atom stereocenters. The van der Waals surface area contributed by atoms with E-state index in [4.69, 9.17) is 21.5 Å². The number of aliphatic carboxylic acids is 1. The van der Waals surface area contributed by atoms with E-state index in [1.54, 1.807) is 24.3 Å². The van der Waals surface area contributed by atoms with E-state index in [0.29, 0.717) is 48.1 Å². The molecule has 0 saturated carbocycles. The van der Waals surface area contributed by atoms with Gasteiger partial charge >= 0.3 is 12.1 Å². The van der Waals surface area contributed by atoms with Gasteiger partial charge in [-0.3, -0.25) is 9.59 Å². The number of aliphatic hydroxyl groups is 1. The van der Waals surface area contributed by atoms with Crippen molar-refractivity contribution in [1.82, 2.24) is 10.2 Å². The van der Waals surface area contributed by atoms with Crippen molar-refractivity contribution in [3.8, 4) is 0 Å². The van der Waals surface area contributed by atoms with Crippen LogP contribution in [0.4, 0.5) is 28.9 Å². The highest BCUT2D eigenvalue weighted by Gasteiger charge is 2.38. The lowest BCUT2D eigenvalue weighted by molar-refractivity contribution is -0.192. The number of alkyl halides is 3. The second kappa shape index (κ2) is 13.3. The first-order valence-corrected chi connectivity index (χ1v) is 12.7. The van der Waals surface area contributed by atoms with E-state index in [1.165, 1.54) is 25.1 Å². The number of piperidine rings is 1. The molecule has 2 amide bonds. The van der Waals surface area contributed by atoms with Gasteiger partial charge in [0.25, 0.3) is 5.91 Å². The number of halogens is 5. The molecule has 218 valence electrons. The van der Waals surface area contributed by atoms with Gasteiger partial charge in [-0.15, -0.1) is 0 Å². The van der Waals surface area contributed by atoms with Crippen molar-refractivity contribution >= 4 is 40.8 Å². The van der Waals surface area contributed by atoms with Gasteiger partial charge in [-0.05, 0) is 55.3 Å². The third-order valence-electron chi connectivity index (χ3n) is 6.47. The summed E-state index contributed by atoms with van der Waals surface area (Å²) >= 11 is 5.91. The van der Waals surface area contributed by atoms with Crippen molar-refractivity contribution in [1.29, 1.82) is 0 Å². The van der Waals surface area contributed by atoms with Crippen molar-refractivity contribution in [2.75, 3.05) is 36.4 Å². The number of aliphatic hydroxyl groups excluding tert-OH is 1. The van der Waals surface area contributed by atoms with E-state index in [0.717, 1.165) is 12.8 Å². The number of rotatable bonds is 5. The Labute approximate surface area is 232 Å². The molecule has 1 unspecified atom stereocenters. The Morgan fingerprint density at radius 2 is 1.62 bits per heavy atom. The van der Waals surface area contributed by atoms with Crippen molar-refractivity contribution in [3.05, 3.63) is 58.9 Å². The van der Waals surface area contributed by atoms with Gasteiger partial charge in [-0.1, -0.05) is 11.6 Å². The minimum Gasteiger partial charge on any atom is -0.475 e. The number of hydrogen-bond acceptors (Lipinski definition) is 6. The molecule has 2 fully saturated rings. The molecule has 14 heteroatoms. The van der Waals surface area contributed by atoms with Crippen LogP contribution in [0.5, 0.6) is 0 Å². The van der Waals surface area contributed by atoms with Gasteiger partial charge in [-0.2, -0.15) is 13.2 Å². The molecule has 2 aromatic carbocycles. The number of carbonyl (C=O) groups is 3. The maximum Gasteiger partial charge on any atom is 0.490 e. The standard InChI is InChI=1S/C24H28ClFN4O3.C2HF3O2/c1-15(31)27-20-7-6-18(26)12-22(20)30-13-21(23(32)14-30)28-19-8-10-29(11-9-19)24(33)16-2-4-17(25)5-3-16;3-2(4,5)1(6)7/h2-7,12,19,21,23,28,32H,8-11,13-14H2,1H3,(H,27,31);(H,6,7)/t21?,23-;/m1./s1. The van der Waals surface area contributed by atoms with Crippen LogP contribution in [0.15, 0.2) is 42.5 Å². The average Bonchev–Trinajstić information content (AvgIpc) is 3.25. The molecule has 4 rings (SSSR count). The Kier molecular flexibility index (Phi) is 10.3. The number of amides is 2. The second-order valence-corrected chi connectivity index (χ2v) is 9.90. The molecule has 0 spiro atoms. The molecule has 2 heterocycles. The number of carboxylic acids is 1. The van der Waals surface area contributed by atoms with E-state index < -0.39 is 24.1 Å². The van der Waals surface area contributed by atoms with E-state index >= 15 is 0 Å². The summed E-state index contributed by atoms with van der Waals surface area (Å²) in [5, 5.41) is 24.6. The minimum atomic E-state index is -5.08. The van der Waals surface area contributed by atoms with Crippen LogP contribution in [0.25, 0.3) is 0 Å². The number of carbonyl (C=O) groups excluding carboxylic acids is 2. The van der Waals surface area contributed by atoms with Crippen LogP contribution in [-0.2, 0) is 9.59 Å². The van der Waals surface area contributed by atoms with Crippen molar-refractivity contribution in [3.63, 3.8) is 0 Å². The summed E-state index contributed by atoms with van der Waals surface area (Å²) in [6, 6.07) is 11.1. The minimum absolute atomic E-state index is 0.00574. The highest BCUT2D eigenvalue weighted by Crippen LogP contribution is 2.30. The van der Waals surface area contributed by atoms with Crippen molar-refractivity contribution < 1.29 is 42.2 Å². The number of likely N-dealkylation sites (tertiary alicyclic amines) is 1. The quantitative estimate of drug-likeness (QED) is 0.394. The molecule has 2 aromatic rings. The maximum atomic E-state index is 13.9. The Bertz CT molecular complexity index is 1210. The summed E-state index contributed by atoms with van der Waals surface area (Å²) in [6.45, 7) is 3.48. The summed E-state index contributed by atoms with van der Waals surface area (Å²) < 4.78 is 45.6. The lowest BCUT2D eigenvalue weighted by Crippen LogP contribution is -2.50. The summed E-state index contributed by atoms with van der Waals surface area (Å²) in [5.74, 6) is -3.40. The summed E-state index contributed by atoms with van der Waals surface area (Å²) in [4.78, 5) is 36.8. The molecule has 0 aromatic heterocycles. The van der Waals surface area contributed by atoms with Gasteiger partial charge in [0.1, 0.15) is 5.82 Å². The molecule has 2 aliphatic rings. The molecule has 2 saturated heterocycles. The van der Waals surface area contributed by atoms with E-state index in [-0.39, 0.29) is 23.9 Å². The summed E-state index contributed by atoms with van der Waals surface area (Å²) in [7, 11) is 0. The highest BCUT2D eigenvalue weighted by atomic mass is 35.5. The molecule has 0 radical (unpaired) electrons. The van der Waals surface area contributed by atoms with Gasteiger partial charge in [0.05, 0.1) is 23.5 Å². The van der Waals surface area contributed by atoms with Crippen LogP contribution in [0.1, 0.15) is 30.1 Å². The van der Waals surface area contributed by atoms with Crippen LogP contribution in [0.2, 0.25) is 5.02 Å². The molecule has 0 bridgehead atoms. The third kappa shape index (κ3) is 8.54. The van der Waals surface area contributed by atoms with Gasteiger partial charge < -0.3 is 30.6 Å². The number of nitrogens with one attached hydrogen (secondary N) is 2. The maximum absolute atomic E-state index is 13.9. The zero-order valence-corrected chi connectivity index (χ0v) is 22.2. The zero-order valence-electron chi connectivity index (χ0n) is 21.4. The van der Waals surface area contributed by atoms with Crippen LogP contribution in [0, 0.1) is 5.82 Å². The molecule has 40 heavy (non-hydrogen) atoms. The number of hydrogen-bond donors (Lipinski definition) is 4. The lowest BCUT2D eigenvalue weighted by atomic mass is 10.0. The number of anilines is 2. The predicted octanol–water partition coefficient (Wildman–Crippen LogP) is 3.51. The lowest BCUT2D eigenvalue weighted by Gasteiger charge is -2.34. The Morgan fingerprint density at radius 3 is 2.17 bits per heavy atom. The Hall–Kier alpha value is -3.42.